The predicted molar refractivity (Wildman–Crippen MR) is 58.6 cm³/mol. The third kappa shape index (κ3) is 2.48. The molecule has 3 nitrogen and oxygen atoms in total. The zero-order valence-corrected chi connectivity index (χ0v) is 9.02. The van der Waals surface area contributed by atoms with Crippen LogP contribution < -0.4 is 0 Å². The molecule has 1 aromatic carbocycles. The number of benzene rings is 1. The van der Waals surface area contributed by atoms with Crippen LogP contribution in [0.4, 0.5) is 0 Å². The van der Waals surface area contributed by atoms with Crippen molar-refractivity contribution in [1.82, 2.24) is 0 Å². The van der Waals surface area contributed by atoms with Crippen molar-refractivity contribution in [3.8, 4) is 0 Å². The largest absolute Gasteiger partial charge is 0.455 e. The van der Waals surface area contributed by atoms with E-state index in [4.69, 9.17) is 4.74 Å². The van der Waals surface area contributed by atoms with Gasteiger partial charge in [-0.15, -0.1) is 0 Å². The van der Waals surface area contributed by atoms with E-state index in [0.29, 0.717) is 0 Å². The van der Waals surface area contributed by atoms with Crippen LogP contribution in [0.2, 0.25) is 0 Å². The number of ether oxygens (including phenoxy) is 1. The summed E-state index contributed by atoms with van der Waals surface area (Å²) in [6.45, 7) is 0.179. The molecule has 0 N–H and O–H groups in total. The van der Waals surface area contributed by atoms with Gasteiger partial charge >= 0.3 is 5.97 Å². The molecule has 1 saturated carbocycles. The third-order valence-electron chi connectivity index (χ3n) is 2.89. The zero-order chi connectivity index (χ0) is 11.4. The molecule has 1 fully saturated rings. The average molecular weight is 218 g/mol. The van der Waals surface area contributed by atoms with E-state index in [1.165, 1.54) is 0 Å². The lowest BCUT2D eigenvalue weighted by atomic mass is 9.82. The molecule has 3 heteroatoms. The summed E-state index contributed by atoms with van der Waals surface area (Å²) >= 11 is 0. The van der Waals surface area contributed by atoms with Gasteiger partial charge in [-0.25, -0.2) is 4.79 Å². The van der Waals surface area contributed by atoms with E-state index < -0.39 is 5.97 Å². The molecule has 0 aromatic heterocycles. The molecule has 0 bridgehead atoms. The van der Waals surface area contributed by atoms with Crippen molar-refractivity contribution in [3.63, 3.8) is 0 Å². The summed E-state index contributed by atoms with van der Waals surface area (Å²) in [5, 5.41) is 0. The quantitative estimate of drug-likeness (QED) is 0.574. The minimum atomic E-state index is -0.687. The summed E-state index contributed by atoms with van der Waals surface area (Å²) < 4.78 is 4.96. The molecule has 0 aliphatic heterocycles. The number of hydrogen-bond donors (Lipinski definition) is 0. The molecule has 0 atom stereocenters. The second kappa shape index (κ2) is 4.92. The van der Waals surface area contributed by atoms with Crippen LogP contribution in [0.1, 0.15) is 24.8 Å². The van der Waals surface area contributed by atoms with Crippen LogP contribution in [0.5, 0.6) is 0 Å². The topological polar surface area (TPSA) is 43.4 Å². The molecule has 1 aliphatic carbocycles. The van der Waals surface area contributed by atoms with Crippen LogP contribution in [0.15, 0.2) is 30.3 Å². The van der Waals surface area contributed by atoms with Gasteiger partial charge in [-0.3, -0.25) is 4.79 Å². The van der Waals surface area contributed by atoms with Gasteiger partial charge in [0.1, 0.15) is 6.61 Å². The van der Waals surface area contributed by atoms with Crippen molar-refractivity contribution < 1.29 is 14.3 Å². The lowest BCUT2D eigenvalue weighted by Crippen LogP contribution is -2.30. The molecule has 0 amide bonds. The second-order valence-corrected chi connectivity index (χ2v) is 4.05. The Balaban J connectivity index is 1.81. The van der Waals surface area contributed by atoms with Gasteiger partial charge in [-0.2, -0.15) is 0 Å². The highest BCUT2D eigenvalue weighted by Crippen LogP contribution is 2.27. The number of rotatable bonds is 4. The lowest BCUT2D eigenvalue weighted by Gasteiger charge is -2.22. The molecular formula is C13H14O3. The number of esters is 1. The van der Waals surface area contributed by atoms with Crippen LogP contribution in [0.3, 0.4) is 0 Å². The molecule has 16 heavy (non-hydrogen) atoms. The standard InChI is InChI=1S/C13H14O3/c14-12(11-7-4-8-11)13(15)16-9-10-5-2-1-3-6-10/h1-3,5-6,11H,4,7-9H2. The fourth-order valence-electron chi connectivity index (χ4n) is 1.63. The summed E-state index contributed by atoms with van der Waals surface area (Å²) in [5.74, 6) is -1.13. The van der Waals surface area contributed by atoms with Crippen LogP contribution >= 0.6 is 0 Å². The third-order valence-corrected chi connectivity index (χ3v) is 2.89. The SMILES string of the molecule is O=C(OCc1ccccc1)C(=O)C1CCC1. The van der Waals surface area contributed by atoms with Crippen molar-refractivity contribution in [1.29, 1.82) is 0 Å². The summed E-state index contributed by atoms with van der Waals surface area (Å²) in [7, 11) is 0. The molecule has 1 aromatic rings. The molecule has 0 unspecified atom stereocenters. The molecule has 84 valence electrons. The number of ketones is 1. The smallest absolute Gasteiger partial charge is 0.375 e. The Hall–Kier alpha value is -1.64. The Bertz CT molecular complexity index is 379. The van der Waals surface area contributed by atoms with E-state index in [9.17, 15) is 9.59 Å². The zero-order valence-electron chi connectivity index (χ0n) is 9.02. The maximum atomic E-state index is 11.5. The van der Waals surface area contributed by atoms with Crippen LogP contribution in [-0.2, 0) is 20.9 Å². The van der Waals surface area contributed by atoms with E-state index >= 15 is 0 Å². The minimum absolute atomic E-state index is 0.0803. The Morgan fingerprint density at radius 2 is 1.88 bits per heavy atom. The fourth-order valence-corrected chi connectivity index (χ4v) is 1.63. The monoisotopic (exact) mass is 218 g/mol. The summed E-state index contributed by atoms with van der Waals surface area (Å²) in [5.41, 5.74) is 0.900. The van der Waals surface area contributed by atoms with Crippen LogP contribution in [-0.4, -0.2) is 11.8 Å². The average Bonchev–Trinajstić information content (AvgIpc) is 2.25. The highest BCUT2D eigenvalue weighted by molar-refractivity contribution is 6.34. The summed E-state index contributed by atoms with van der Waals surface area (Å²) in [6.07, 6.45) is 2.71. The number of carbonyl (C=O) groups excluding carboxylic acids is 2. The normalized spacial score (nSPS) is 15.2. The second-order valence-electron chi connectivity index (χ2n) is 4.05. The molecule has 2 rings (SSSR count). The Kier molecular flexibility index (Phi) is 3.34. The van der Waals surface area contributed by atoms with Crippen molar-refractivity contribution >= 4 is 11.8 Å². The molecule has 0 spiro atoms. The van der Waals surface area contributed by atoms with Crippen LogP contribution in [0.25, 0.3) is 0 Å². The number of Topliss-reactive ketones (excluding diaryl/α,β-unsaturated/α-hetero) is 1. The highest BCUT2D eigenvalue weighted by atomic mass is 16.5. The number of carbonyl (C=O) groups is 2. The Morgan fingerprint density at radius 1 is 1.19 bits per heavy atom. The van der Waals surface area contributed by atoms with Gasteiger partial charge in [0.2, 0.25) is 5.78 Å². The van der Waals surface area contributed by atoms with Crippen molar-refractivity contribution in [2.24, 2.45) is 5.92 Å². The van der Waals surface area contributed by atoms with E-state index in [0.717, 1.165) is 24.8 Å². The van der Waals surface area contributed by atoms with Gasteiger partial charge in [0.15, 0.2) is 0 Å². The minimum Gasteiger partial charge on any atom is -0.455 e. The van der Waals surface area contributed by atoms with Crippen molar-refractivity contribution in [2.75, 3.05) is 0 Å². The summed E-state index contributed by atoms with van der Waals surface area (Å²) in [4.78, 5) is 22.9. The predicted octanol–water partition coefficient (Wildman–Crippen LogP) is 2.10. The van der Waals surface area contributed by atoms with E-state index in [1.807, 2.05) is 30.3 Å². The summed E-state index contributed by atoms with van der Waals surface area (Å²) in [6, 6.07) is 9.36. The lowest BCUT2D eigenvalue weighted by molar-refractivity contribution is -0.157. The maximum absolute atomic E-state index is 11.5. The fraction of sp³-hybridized carbons (Fsp3) is 0.385. The molecule has 0 saturated heterocycles. The Labute approximate surface area is 94.4 Å². The van der Waals surface area contributed by atoms with Gasteiger partial charge in [-0.05, 0) is 18.4 Å². The van der Waals surface area contributed by atoms with Crippen LogP contribution in [0, 0.1) is 5.92 Å². The van der Waals surface area contributed by atoms with Crippen molar-refractivity contribution in [3.05, 3.63) is 35.9 Å². The van der Waals surface area contributed by atoms with Gasteiger partial charge < -0.3 is 4.74 Å². The van der Waals surface area contributed by atoms with Gasteiger partial charge in [0.25, 0.3) is 0 Å². The van der Waals surface area contributed by atoms with E-state index in [-0.39, 0.29) is 18.3 Å². The van der Waals surface area contributed by atoms with E-state index in [1.54, 1.807) is 0 Å². The van der Waals surface area contributed by atoms with Gasteiger partial charge in [-0.1, -0.05) is 36.8 Å². The molecular weight excluding hydrogens is 204 g/mol. The van der Waals surface area contributed by atoms with Gasteiger partial charge in [0, 0.05) is 5.92 Å². The van der Waals surface area contributed by atoms with Gasteiger partial charge in [0.05, 0.1) is 0 Å². The first-order valence-electron chi connectivity index (χ1n) is 5.52. The number of hydrogen-bond acceptors (Lipinski definition) is 3. The first kappa shape index (κ1) is 10.9. The van der Waals surface area contributed by atoms with E-state index in [2.05, 4.69) is 0 Å². The first-order valence-corrected chi connectivity index (χ1v) is 5.52. The molecule has 0 radical (unpaired) electrons. The van der Waals surface area contributed by atoms with Crippen molar-refractivity contribution in [2.45, 2.75) is 25.9 Å². The highest BCUT2D eigenvalue weighted by Gasteiger charge is 2.31. The Morgan fingerprint density at radius 3 is 2.44 bits per heavy atom. The first-order chi connectivity index (χ1) is 7.77. The molecule has 1 aliphatic rings. The maximum Gasteiger partial charge on any atom is 0.375 e. The molecule has 0 heterocycles.